The first kappa shape index (κ1) is 21.7. The summed E-state index contributed by atoms with van der Waals surface area (Å²) in [5, 5.41) is 3.24. The van der Waals surface area contributed by atoms with E-state index >= 15 is 0 Å². The van der Waals surface area contributed by atoms with Gasteiger partial charge < -0.3 is 10.1 Å². The fourth-order valence-corrected chi connectivity index (χ4v) is 3.98. The number of benzene rings is 3. The molecule has 0 heterocycles. The van der Waals surface area contributed by atoms with Gasteiger partial charge in [0.25, 0.3) is 15.9 Å². The smallest absolute Gasteiger partial charge is 0.261 e. The van der Waals surface area contributed by atoms with Gasteiger partial charge in [0.2, 0.25) is 0 Å². The Balaban J connectivity index is 1.84. The van der Waals surface area contributed by atoms with E-state index in [1.54, 1.807) is 37.3 Å². The van der Waals surface area contributed by atoms with E-state index in [9.17, 15) is 13.2 Å². The normalized spacial score (nSPS) is 11.0. The van der Waals surface area contributed by atoms with E-state index in [2.05, 4.69) is 10.0 Å². The van der Waals surface area contributed by atoms with Gasteiger partial charge in [0.1, 0.15) is 5.75 Å². The lowest BCUT2D eigenvalue weighted by atomic mass is 10.1. The molecule has 0 bridgehead atoms. The van der Waals surface area contributed by atoms with Gasteiger partial charge in [-0.3, -0.25) is 9.52 Å². The predicted octanol–water partition coefficient (Wildman–Crippen LogP) is 5.10. The van der Waals surface area contributed by atoms with Crippen LogP contribution >= 0.6 is 11.6 Å². The lowest BCUT2D eigenvalue weighted by Gasteiger charge is -2.14. The highest BCUT2D eigenvalue weighted by Crippen LogP contribution is 2.26. The summed E-state index contributed by atoms with van der Waals surface area (Å²) < 4.78 is 33.4. The molecule has 0 unspecified atom stereocenters. The van der Waals surface area contributed by atoms with Crippen molar-refractivity contribution in [2.24, 2.45) is 0 Å². The van der Waals surface area contributed by atoms with Gasteiger partial charge in [-0.1, -0.05) is 29.8 Å². The van der Waals surface area contributed by atoms with Crippen molar-refractivity contribution in [1.82, 2.24) is 0 Å². The number of nitrogens with one attached hydrogen (secondary N) is 2. The number of rotatable bonds is 7. The number of hydrogen-bond donors (Lipinski definition) is 2. The van der Waals surface area contributed by atoms with Crippen LogP contribution in [-0.2, 0) is 10.0 Å². The SMILES string of the molecule is CCOc1ccccc1NC(=O)c1ccc(C)c(NS(=O)(=O)c2ccc(Cl)cc2)c1. The zero-order chi connectivity index (χ0) is 21.7. The van der Waals surface area contributed by atoms with Crippen LogP contribution in [-0.4, -0.2) is 20.9 Å². The Kier molecular flexibility index (Phi) is 6.64. The van der Waals surface area contributed by atoms with Crippen LogP contribution < -0.4 is 14.8 Å². The molecule has 0 radical (unpaired) electrons. The molecular weight excluding hydrogens is 424 g/mol. The Morgan fingerprint density at radius 3 is 2.40 bits per heavy atom. The van der Waals surface area contributed by atoms with Gasteiger partial charge in [-0.05, 0) is 67.9 Å². The monoisotopic (exact) mass is 444 g/mol. The average Bonchev–Trinajstić information content (AvgIpc) is 2.71. The van der Waals surface area contributed by atoms with E-state index in [1.807, 2.05) is 13.0 Å². The van der Waals surface area contributed by atoms with E-state index in [0.29, 0.717) is 39.9 Å². The molecule has 30 heavy (non-hydrogen) atoms. The Hall–Kier alpha value is -3.03. The van der Waals surface area contributed by atoms with Crippen molar-refractivity contribution in [1.29, 1.82) is 0 Å². The number of carbonyl (C=O) groups excluding carboxylic acids is 1. The van der Waals surface area contributed by atoms with Crippen LogP contribution in [0.1, 0.15) is 22.8 Å². The molecule has 2 N–H and O–H groups in total. The quantitative estimate of drug-likeness (QED) is 0.531. The summed E-state index contributed by atoms with van der Waals surface area (Å²) in [4.78, 5) is 12.8. The molecule has 8 heteroatoms. The molecule has 6 nitrogen and oxygen atoms in total. The van der Waals surface area contributed by atoms with E-state index in [0.717, 1.165) is 0 Å². The highest BCUT2D eigenvalue weighted by Gasteiger charge is 2.17. The predicted molar refractivity (Wildman–Crippen MR) is 119 cm³/mol. The van der Waals surface area contributed by atoms with Gasteiger partial charge in [-0.2, -0.15) is 0 Å². The van der Waals surface area contributed by atoms with Crippen molar-refractivity contribution in [3.05, 3.63) is 82.9 Å². The maximum atomic E-state index is 12.7. The number of anilines is 2. The topological polar surface area (TPSA) is 84.5 Å². The number of ether oxygens (including phenoxy) is 1. The number of para-hydroxylation sites is 2. The molecule has 0 fully saturated rings. The fourth-order valence-electron chi connectivity index (χ4n) is 2.74. The summed E-state index contributed by atoms with van der Waals surface area (Å²) in [5.74, 6) is 0.179. The van der Waals surface area contributed by atoms with Gasteiger partial charge in [-0.25, -0.2) is 8.42 Å². The maximum absolute atomic E-state index is 12.7. The molecule has 0 saturated heterocycles. The zero-order valence-corrected chi connectivity index (χ0v) is 18.0. The Morgan fingerprint density at radius 2 is 1.70 bits per heavy atom. The van der Waals surface area contributed by atoms with E-state index in [4.69, 9.17) is 16.3 Å². The van der Waals surface area contributed by atoms with Crippen LogP contribution in [0.3, 0.4) is 0 Å². The van der Waals surface area contributed by atoms with Crippen molar-refractivity contribution in [3.8, 4) is 5.75 Å². The summed E-state index contributed by atoms with van der Waals surface area (Å²) in [6.07, 6.45) is 0. The highest BCUT2D eigenvalue weighted by atomic mass is 35.5. The highest BCUT2D eigenvalue weighted by molar-refractivity contribution is 7.92. The molecule has 3 aromatic carbocycles. The molecule has 0 aliphatic heterocycles. The first-order chi connectivity index (χ1) is 14.3. The van der Waals surface area contributed by atoms with Crippen molar-refractivity contribution in [3.63, 3.8) is 0 Å². The van der Waals surface area contributed by atoms with E-state index in [-0.39, 0.29) is 10.8 Å². The molecule has 0 saturated carbocycles. The minimum absolute atomic E-state index is 0.0757. The molecule has 0 spiro atoms. The molecular formula is C22H21ClN2O4S. The van der Waals surface area contributed by atoms with E-state index in [1.165, 1.54) is 30.3 Å². The van der Waals surface area contributed by atoms with Crippen LogP contribution in [0.15, 0.2) is 71.6 Å². The van der Waals surface area contributed by atoms with Gasteiger partial charge in [0, 0.05) is 10.6 Å². The van der Waals surface area contributed by atoms with Gasteiger partial charge in [0.05, 0.1) is 22.9 Å². The number of halogens is 1. The minimum atomic E-state index is -3.83. The second-order valence-electron chi connectivity index (χ2n) is 6.47. The number of hydrogen-bond acceptors (Lipinski definition) is 4. The third kappa shape index (κ3) is 5.11. The maximum Gasteiger partial charge on any atom is 0.261 e. The van der Waals surface area contributed by atoms with Crippen molar-refractivity contribution < 1.29 is 17.9 Å². The molecule has 0 aliphatic carbocycles. The van der Waals surface area contributed by atoms with Gasteiger partial charge in [0.15, 0.2) is 0 Å². The first-order valence-electron chi connectivity index (χ1n) is 9.22. The van der Waals surface area contributed by atoms with Gasteiger partial charge >= 0.3 is 0 Å². The standard InChI is InChI=1S/C22H21ClN2O4S/c1-3-29-21-7-5-4-6-19(21)24-22(26)16-9-8-15(2)20(14-16)25-30(27,28)18-12-10-17(23)11-13-18/h4-14,25H,3H2,1-2H3,(H,24,26). The largest absolute Gasteiger partial charge is 0.492 e. The first-order valence-corrected chi connectivity index (χ1v) is 11.1. The second kappa shape index (κ2) is 9.19. The van der Waals surface area contributed by atoms with Crippen molar-refractivity contribution in [2.45, 2.75) is 18.7 Å². The van der Waals surface area contributed by atoms with Crippen molar-refractivity contribution >= 4 is 38.9 Å². The van der Waals surface area contributed by atoms with Crippen LogP contribution in [0, 0.1) is 6.92 Å². The summed E-state index contributed by atoms with van der Waals surface area (Å²) in [7, 11) is -3.83. The molecule has 3 aromatic rings. The third-order valence-electron chi connectivity index (χ3n) is 4.30. The van der Waals surface area contributed by atoms with Crippen LogP contribution in [0.5, 0.6) is 5.75 Å². The molecule has 156 valence electrons. The second-order valence-corrected chi connectivity index (χ2v) is 8.59. The number of aryl methyl sites for hydroxylation is 1. The van der Waals surface area contributed by atoms with E-state index < -0.39 is 10.0 Å². The Bertz CT molecular complexity index is 1160. The lowest BCUT2D eigenvalue weighted by Crippen LogP contribution is -2.16. The average molecular weight is 445 g/mol. The Morgan fingerprint density at radius 1 is 1.00 bits per heavy atom. The molecule has 3 rings (SSSR count). The minimum Gasteiger partial charge on any atom is -0.492 e. The number of sulfonamides is 1. The summed E-state index contributed by atoms with van der Waals surface area (Å²) in [5.41, 5.74) is 1.84. The number of amides is 1. The zero-order valence-electron chi connectivity index (χ0n) is 16.5. The lowest BCUT2D eigenvalue weighted by molar-refractivity contribution is 0.102. The van der Waals surface area contributed by atoms with Crippen LogP contribution in [0.25, 0.3) is 0 Å². The number of carbonyl (C=O) groups is 1. The van der Waals surface area contributed by atoms with Crippen LogP contribution in [0.4, 0.5) is 11.4 Å². The summed E-state index contributed by atoms with van der Waals surface area (Å²) >= 11 is 5.83. The summed E-state index contributed by atoms with van der Waals surface area (Å²) in [6, 6.07) is 17.8. The van der Waals surface area contributed by atoms with Crippen LogP contribution in [0.2, 0.25) is 5.02 Å². The molecule has 0 aliphatic rings. The molecule has 0 aromatic heterocycles. The van der Waals surface area contributed by atoms with Gasteiger partial charge in [-0.15, -0.1) is 0 Å². The summed E-state index contributed by atoms with van der Waals surface area (Å²) in [6.45, 7) is 4.08. The third-order valence-corrected chi connectivity index (χ3v) is 5.94. The Labute approximate surface area is 180 Å². The molecule has 1 amide bonds. The fraction of sp³-hybridized carbons (Fsp3) is 0.136. The van der Waals surface area contributed by atoms with Crippen molar-refractivity contribution in [2.75, 3.05) is 16.6 Å². The molecule has 0 atom stereocenters.